The molecule has 136 valence electrons. The van der Waals surface area contributed by atoms with Crippen LogP contribution in [0.4, 0.5) is 5.82 Å². The lowest BCUT2D eigenvalue weighted by Crippen LogP contribution is -2.45. The number of anilines is 1. The van der Waals surface area contributed by atoms with Gasteiger partial charge in [0.15, 0.2) is 0 Å². The quantitative estimate of drug-likeness (QED) is 0.818. The molecule has 0 unspecified atom stereocenters. The summed E-state index contributed by atoms with van der Waals surface area (Å²) in [6, 6.07) is 0.0833. The summed E-state index contributed by atoms with van der Waals surface area (Å²) >= 11 is 1.82. The molecule has 2 aromatic rings. The molecule has 0 aromatic carbocycles. The van der Waals surface area contributed by atoms with E-state index in [9.17, 15) is 8.42 Å². The fraction of sp³-hybridized carbons (Fsp3) is 0.647. The molecule has 6 nitrogen and oxygen atoms in total. The second-order valence-electron chi connectivity index (χ2n) is 7.09. The SMILES string of the molecule is CN(C1CCN(c2ncnc3sc4c(c23)CCCC4)CC1)S(C)(=O)=O. The van der Waals surface area contributed by atoms with Crippen molar-refractivity contribution in [3.8, 4) is 0 Å². The van der Waals surface area contributed by atoms with Crippen LogP contribution in [0.1, 0.15) is 36.1 Å². The average Bonchev–Trinajstić information content (AvgIpc) is 2.99. The van der Waals surface area contributed by atoms with Gasteiger partial charge in [0, 0.05) is 31.1 Å². The molecule has 2 aromatic heterocycles. The van der Waals surface area contributed by atoms with Crippen molar-refractivity contribution in [1.29, 1.82) is 0 Å². The molecular weight excluding hydrogens is 356 g/mol. The van der Waals surface area contributed by atoms with E-state index in [1.807, 2.05) is 11.3 Å². The molecule has 0 N–H and O–H groups in total. The molecular formula is C17H24N4O2S2. The summed E-state index contributed by atoms with van der Waals surface area (Å²) in [7, 11) is -1.44. The third-order valence-corrected chi connectivity index (χ3v) is 8.08. The van der Waals surface area contributed by atoms with Gasteiger partial charge in [0.2, 0.25) is 10.0 Å². The largest absolute Gasteiger partial charge is 0.356 e. The summed E-state index contributed by atoms with van der Waals surface area (Å²) < 4.78 is 25.1. The first-order chi connectivity index (χ1) is 11.9. The number of sulfonamides is 1. The van der Waals surface area contributed by atoms with E-state index in [4.69, 9.17) is 0 Å². The van der Waals surface area contributed by atoms with Crippen LogP contribution in [0.15, 0.2) is 6.33 Å². The van der Waals surface area contributed by atoms with Gasteiger partial charge in [-0.15, -0.1) is 11.3 Å². The number of aryl methyl sites for hydroxylation is 2. The van der Waals surface area contributed by atoms with Crippen LogP contribution in [0.3, 0.4) is 0 Å². The van der Waals surface area contributed by atoms with E-state index in [-0.39, 0.29) is 6.04 Å². The van der Waals surface area contributed by atoms with Crippen LogP contribution in [0.25, 0.3) is 10.2 Å². The lowest BCUT2D eigenvalue weighted by Gasteiger charge is -2.36. The zero-order valence-corrected chi connectivity index (χ0v) is 16.4. The van der Waals surface area contributed by atoms with Crippen LogP contribution in [0.5, 0.6) is 0 Å². The van der Waals surface area contributed by atoms with Crippen LogP contribution < -0.4 is 4.90 Å². The highest BCUT2D eigenvalue weighted by molar-refractivity contribution is 7.88. The molecule has 25 heavy (non-hydrogen) atoms. The molecule has 0 amide bonds. The van der Waals surface area contributed by atoms with Crippen molar-refractivity contribution in [2.24, 2.45) is 0 Å². The number of fused-ring (bicyclic) bond motifs is 3. The fourth-order valence-electron chi connectivity index (χ4n) is 4.03. The van der Waals surface area contributed by atoms with E-state index in [0.717, 1.165) is 49.4 Å². The topological polar surface area (TPSA) is 66.4 Å². The zero-order valence-electron chi connectivity index (χ0n) is 14.7. The lowest BCUT2D eigenvalue weighted by molar-refractivity contribution is 0.313. The molecule has 1 saturated heterocycles. The average molecular weight is 381 g/mol. The Bertz CT molecular complexity index is 885. The minimum Gasteiger partial charge on any atom is -0.356 e. The number of hydrogen-bond donors (Lipinski definition) is 0. The monoisotopic (exact) mass is 380 g/mol. The number of rotatable bonds is 3. The van der Waals surface area contributed by atoms with E-state index in [2.05, 4.69) is 14.9 Å². The van der Waals surface area contributed by atoms with Gasteiger partial charge in [-0.2, -0.15) is 0 Å². The van der Waals surface area contributed by atoms with Crippen LogP contribution in [-0.2, 0) is 22.9 Å². The highest BCUT2D eigenvalue weighted by Gasteiger charge is 2.29. The zero-order chi connectivity index (χ0) is 17.6. The Kier molecular flexibility index (Phi) is 4.45. The van der Waals surface area contributed by atoms with Gasteiger partial charge in [-0.05, 0) is 44.1 Å². The third-order valence-electron chi connectivity index (χ3n) is 5.53. The normalized spacial score (nSPS) is 19.6. The second kappa shape index (κ2) is 6.48. The number of hydrogen-bond acceptors (Lipinski definition) is 6. The van der Waals surface area contributed by atoms with Gasteiger partial charge >= 0.3 is 0 Å². The first kappa shape index (κ1) is 17.2. The molecule has 1 fully saturated rings. The molecule has 0 bridgehead atoms. The number of aromatic nitrogens is 2. The second-order valence-corrected chi connectivity index (χ2v) is 10.2. The summed E-state index contributed by atoms with van der Waals surface area (Å²) in [5, 5.41) is 1.25. The van der Waals surface area contributed by atoms with Crippen molar-refractivity contribution < 1.29 is 8.42 Å². The summed E-state index contributed by atoms with van der Waals surface area (Å²) in [4.78, 5) is 14.0. The van der Waals surface area contributed by atoms with Gasteiger partial charge in [0.05, 0.1) is 11.6 Å². The summed E-state index contributed by atoms with van der Waals surface area (Å²) in [6.45, 7) is 1.67. The minimum absolute atomic E-state index is 0.0833. The summed E-state index contributed by atoms with van der Waals surface area (Å²) in [5.41, 5.74) is 1.46. The Morgan fingerprint density at radius 2 is 1.92 bits per heavy atom. The highest BCUT2D eigenvalue weighted by atomic mass is 32.2. The van der Waals surface area contributed by atoms with Crippen LogP contribution in [0.2, 0.25) is 0 Å². The van der Waals surface area contributed by atoms with Crippen molar-refractivity contribution in [3.63, 3.8) is 0 Å². The highest BCUT2D eigenvalue weighted by Crippen LogP contribution is 2.39. The molecule has 0 spiro atoms. The third kappa shape index (κ3) is 3.15. The standard InChI is InChI=1S/C17H24N4O2S2/c1-20(25(2,22)23)12-7-9-21(10-8-12)16-15-13-5-3-4-6-14(13)24-17(15)19-11-18-16/h11-12H,3-10H2,1-2H3. The smallest absolute Gasteiger partial charge is 0.211 e. The predicted molar refractivity (Wildman–Crippen MR) is 102 cm³/mol. The van der Waals surface area contributed by atoms with Gasteiger partial charge in [0.25, 0.3) is 0 Å². The van der Waals surface area contributed by atoms with E-state index < -0.39 is 10.0 Å². The molecule has 0 atom stereocenters. The lowest BCUT2D eigenvalue weighted by atomic mass is 9.96. The van der Waals surface area contributed by atoms with Gasteiger partial charge in [-0.25, -0.2) is 22.7 Å². The molecule has 0 radical (unpaired) electrons. The van der Waals surface area contributed by atoms with E-state index >= 15 is 0 Å². The van der Waals surface area contributed by atoms with E-state index in [0.29, 0.717) is 0 Å². The molecule has 2 aliphatic rings. The van der Waals surface area contributed by atoms with Crippen LogP contribution >= 0.6 is 11.3 Å². The van der Waals surface area contributed by atoms with Gasteiger partial charge in [-0.1, -0.05) is 0 Å². The molecule has 0 saturated carbocycles. The molecule has 4 rings (SSSR count). The first-order valence-electron chi connectivity index (χ1n) is 8.88. The maximum absolute atomic E-state index is 11.8. The van der Waals surface area contributed by atoms with Crippen molar-refractivity contribution in [3.05, 3.63) is 16.8 Å². The molecule has 3 heterocycles. The van der Waals surface area contributed by atoms with Crippen molar-refractivity contribution in [2.75, 3.05) is 31.3 Å². The predicted octanol–water partition coefficient (Wildman–Crippen LogP) is 2.43. The van der Waals surface area contributed by atoms with Crippen molar-refractivity contribution in [1.82, 2.24) is 14.3 Å². The van der Waals surface area contributed by atoms with Gasteiger partial charge in [0.1, 0.15) is 17.0 Å². The maximum atomic E-state index is 11.8. The summed E-state index contributed by atoms with van der Waals surface area (Å²) in [6.07, 6.45) is 9.43. The molecule has 8 heteroatoms. The fourth-order valence-corrected chi connectivity index (χ4v) is 6.00. The van der Waals surface area contributed by atoms with Gasteiger partial charge in [-0.3, -0.25) is 0 Å². The van der Waals surface area contributed by atoms with E-state index in [1.165, 1.54) is 39.2 Å². The van der Waals surface area contributed by atoms with Crippen LogP contribution in [-0.4, -0.2) is 55.1 Å². The number of thiophene rings is 1. The maximum Gasteiger partial charge on any atom is 0.211 e. The summed E-state index contributed by atoms with van der Waals surface area (Å²) in [5.74, 6) is 1.05. The minimum atomic E-state index is -3.13. The Morgan fingerprint density at radius 1 is 1.20 bits per heavy atom. The Balaban J connectivity index is 1.60. The number of piperidine rings is 1. The van der Waals surface area contributed by atoms with Crippen LogP contribution in [0, 0.1) is 0 Å². The Labute approximate surface area is 152 Å². The Hall–Kier alpha value is -1.25. The van der Waals surface area contributed by atoms with Gasteiger partial charge < -0.3 is 4.90 Å². The van der Waals surface area contributed by atoms with Crippen molar-refractivity contribution in [2.45, 2.75) is 44.6 Å². The van der Waals surface area contributed by atoms with Crippen molar-refractivity contribution >= 4 is 37.4 Å². The van der Waals surface area contributed by atoms with E-state index in [1.54, 1.807) is 13.4 Å². The molecule has 1 aliphatic carbocycles. The molecule has 1 aliphatic heterocycles. The number of nitrogens with zero attached hydrogens (tertiary/aromatic N) is 4. The Morgan fingerprint density at radius 3 is 2.64 bits per heavy atom. The first-order valence-corrected chi connectivity index (χ1v) is 11.5.